The molecule has 1 aromatic heterocycles. The van der Waals surface area contributed by atoms with E-state index in [2.05, 4.69) is 32.5 Å². The van der Waals surface area contributed by atoms with E-state index < -0.39 is 0 Å². The van der Waals surface area contributed by atoms with E-state index in [1.54, 1.807) is 12.4 Å². The van der Waals surface area contributed by atoms with Gasteiger partial charge in [0.1, 0.15) is 0 Å². The van der Waals surface area contributed by atoms with E-state index in [4.69, 9.17) is 11.6 Å². The Morgan fingerprint density at radius 2 is 1.87 bits per heavy atom. The fraction of sp³-hybridized carbons (Fsp3) is 0.111. The molecule has 0 atom stereocenters. The highest BCUT2D eigenvalue weighted by atomic mass is 35.5. The van der Waals surface area contributed by atoms with Crippen LogP contribution in [0.2, 0.25) is 5.02 Å². The second-order valence-corrected chi connectivity index (χ2v) is 5.81. The van der Waals surface area contributed by atoms with Gasteiger partial charge in [-0.25, -0.2) is 0 Å². The van der Waals surface area contributed by atoms with Gasteiger partial charge in [0, 0.05) is 36.4 Å². The number of hydrogen-bond acceptors (Lipinski definition) is 4. The lowest BCUT2D eigenvalue weighted by Gasteiger charge is -2.11. The zero-order valence-corrected chi connectivity index (χ0v) is 13.7. The molecule has 3 rings (SSSR count). The largest absolute Gasteiger partial charge is 0.378 e. The maximum absolute atomic E-state index is 6.00. The molecule has 0 aliphatic rings. The van der Waals surface area contributed by atoms with Gasteiger partial charge in [-0.3, -0.25) is 10.4 Å². The monoisotopic (exact) mass is 324 g/mol. The molecule has 5 heteroatoms. The maximum Gasteiger partial charge on any atom is 0.0738 e. The second kappa shape index (κ2) is 6.67. The van der Waals surface area contributed by atoms with E-state index in [1.807, 2.05) is 50.5 Å². The zero-order valence-electron chi connectivity index (χ0n) is 13.0. The molecular formula is C18H17ClN4. The summed E-state index contributed by atoms with van der Waals surface area (Å²) in [5.41, 5.74) is 7.00. The summed E-state index contributed by atoms with van der Waals surface area (Å²) in [6.45, 7) is 0. The van der Waals surface area contributed by atoms with Gasteiger partial charge in [-0.15, -0.1) is 0 Å². The van der Waals surface area contributed by atoms with Crippen molar-refractivity contribution in [3.63, 3.8) is 0 Å². The van der Waals surface area contributed by atoms with Crippen LogP contribution in [0.1, 0.15) is 5.56 Å². The molecule has 1 heterocycles. The maximum atomic E-state index is 6.00. The number of pyridine rings is 1. The van der Waals surface area contributed by atoms with Crippen molar-refractivity contribution in [1.82, 2.24) is 4.98 Å². The minimum Gasteiger partial charge on any atom is -0.378 e. The molecule has 0 aliphatic heterocycles. The minimum atomic E-state index is 0.673. The summed E-state index contributed by atoms with van der Waals surface area (Å²) in [5.74, 6) is 0. The Balaban J connectivity index is 1.77. The molecule has 116 valence electrons. The van der Waals surface area contributed by atoms with Gasteiger partial charge in [0.2, 0.25) is 0 Å². The minimum absolute atomic E-state index is 0.673. The highest BCUT2D eigenvalue weighted by Crippen LogP contribution is 2.24. The summed E-state index contributed by atoms with van der Waals surface area (Å²) in [4.78, 5) is 6.38. The van der Waals surface area contributed by atoms with Gasteiger partial charge in [0.15, 0.2) is 0 Å². The van der Waals surface area contributed by atoms with Crippen molar-refractivity contribution in [1.29, 1.82) is 0 Å². The molecule has 0 aliphatic carbocycles. The van der Waals surface area contributed by atoms with E-state index in [-0.39, 0.29) is 0 Å². The molecule has 0 unspecified atom stereocenters. The van der Waals surface area contributed by atoms with Crippen molar-refractivity contribution in [2.75, 3.05) is 24.4 Å². The average molecular weight is 325 g/mol. The van der Waals surface area contributed by atoms with Crippen LogP contribution in [-0.4, -0.2) is 25.3 Å². The normalized spacial score (nSPS) is 11.1. The van der Waals surface area contributed by atoms with Crippen molar-refractivity contribution >= 4 is 40.1 Å². The number of hydrogen-bond donors (Lipinski definition) is 1. The summed E-state index contributed by atoms with van der Waals surface area (Å²) >= 11 is 6.00. The Hall–Kier alpha value is -2.59. The van der Waals surface area contributed by atoms with Crippen molar-refractivity contribution < 1.29 is 0 Å². The van der Waals surface area contributed by atoms with Crippen molar-refractivity contribution in [3.8, 4) is 0 Å². The molecule has 0 bridgehead atoms. The van der Waals surface area contributed by atoms with Crippen molar-refractivity contribution in [3.05, 3.63) is 65.3 Å². The number of rotatable bonds is 4. The van der Waals surface area contributed by atoms with E-state index in [0.29, 0.717) is 5.02 Å². The number of benzene rings is 2. The third-order valence-electron chi connectivity index (χ3n) is 3.51. The fourth-order valence-corrected chi connectivity index (χ4v) is 2.42. The molecule has 0 radical (unpaired) electrons. The van der Waals surface area contributed by atoms with Gasteiger partial charge in [-0.05, 0) is 42.0 Å². The quantitative estimate of drug-likeness (QED) is 0.571. The van der Waals surface area contributed by atoms with Crippen LogP contribution >= 0.6 is 11.6 Å². The molecule has 2 aromatic carbocycles. The molecular weight excluding hydrogens is 308 g/mol. The summed E-state index contributed by atoms with van der Waals surface area (Å²) in [5, 5.41) is 5.97. The van der Waals surface area contributed by atoms with Crippen molar-refractivity contribution in [2.45, 2.75) is 0 Å². The predicted octanol–water partition coefficient (Wildman–Crippen LogP) is 4.40. The number of halogens is 1. The van der Waals surface area contributed by atoms with Crippen LogP contribution in [0.15, 0.2) is 59.8 Å². The number of anilines is 2. The lowest BCUT2D eigenvalue weighted by molar-refractivity contribution is 1.13. The smallest absolute Gasteiger partial charge is 0.0738 e. The zero-order chi connectivity index (χ0) is 16.2. The molecule has 1 N–H and O–H groups in total. The third kappa shape index (κ3) is 3.60. The Labute approximate surface area is 140 Å². The first-order valence-corrected chi connectivity index (χ1v) is 7.62. The Morgan fingerprint density at radius 3 is 2.61 bits per heavy atom. The third-order valence-corrected chi connectivity index (χ3v) is 3.75. The molecule has 0 saturated carbocycles. The molecule has 0 amide bonds. The highest BCUT2D eigenvalue weighted by Gasteiger charge is 2.01. The van der Waals surface area contributed by atoms with Crippen molar-refractivity contribution in [2.24, 2.45) is 5.10 Å². The van der Waals surface area contributed by atoms with Crippen LogP contribution < -0.4 is 10.3 Å². The van der Waals surface area contributed by atoms with Gasteiger partial charge in [-0.2, -0.15) is 5.10 Å². The summed E-state index contributed by atoms with van der Waals surface area (Å²) in [6.07, 6.45) is 3.53. The Kier molecular flexibility index (Phi) is 4.44. The molecule has 0 saturated heterocycles. The first kappa shape index (κ1) is 15.3. The number of nitrogens with zero attached hydrogens (tertiary/aromatic N) is 3. The van der Waals surface area contributed by atoms with E-state index in [9.17, 15) is 0 Å². The molecule has 3 aromatic rings. The van der Waals surface area contributed by atoms with Gasteiger partial charge in [0.05, 0.1) is 17.4 Å². The average Bonchev–Trinajstić information content (AvgIpc) is 2.55. The lowest BCUT2D eigenvalue weighted by atomic mass is 10.2. The van der Waals surface area contributed by atoms with E-state index >= 15 is 0 Å². The van der Waals surface area contributed by atoms with Gasteiger partial charge in [-0.1, -0.05) is 23.7 Å². The summed E-state index contributed by atoms with van der Waals surface area (Å²) < 4.78 is 0. The molecule has 0 spiro atoms. The van der Waals surface area contributed by atoms with Crippen LogP contribution in [-0.2, 0) is 0 Å². The van der Waals surface area contributed by atoms with E-state index in [0.717, 1.165) is 27.8 Å². The second-order valence-electron chi connectivity index (χ2n) is 5.38. The molecule has 0 fully saturated rings. The van der Waals surface area contributed by atoms with E-state index in [1.165, 1.54) is 0 Å². The molecule has 4 nitrogen and oxygen atoms in total. The first-order chi connectivity index (χ1) is 11.1. The lowest BCUT2D eigenvalue weighted by Crippen LogP contribution is -2.08. The molecule has 23 heavy (non-hydrogen) atoms. The summed E-state index contributed by atoms with van der Waals surface area (Å²) in [6, 6.07) is 15.7. The first-order valence-electron chi connectivity index (χ1n) is 7.24. The highest BCUT2D eigenvalue weighted by molar-refractivity contribution is 6.31. The number of nitrogens with one attached hydrogen (secondary N) is 1. The van der Waals surface area contributed by atoms with Crippen LogP contribution in [0.5, 0.6) is 0 Å². The number of fused-ring (bicyclic) bond motifs is 1. The fourth-order valence-electron chi connectivity index (χ4n) is 2.25. The topological polar surface area (TPSA) is 40.5 Å². The van der Waals surface area contributed by atoms with Crippen LogP contribution in [0, 0.1) is 0 Å². The van der Waals surface area contributed by atoms with Gasteiger partial charge >= 0.3 is 0 Å². The van der Waals surface area contributed by atoms with Gasteiger partial charge in [0.25, 0.3) is 0 Å². The number of aromatic nitrogens is 1. The summed E-state index contributed by atoms with van der Waals surface area (Å²) in [7, 11) is 4.04. The Morgan fingerprint density at radius 1 is 1.09 bits per heavy atom. The van der Waals surface area contributed by atoms with Gasteiger partial charge < -0.3 is 4.90 Å². The van der Waals surface area contributed by atoms with Crippen LogP contribution in [0.25, 0.3) is 10.9 Å². The standard InChI is InChI=1S/C18H17ClN4/c1-23(2)15-6-3-13(4-7-15)12-21-22-17-9-10-20-18-11-14(19)5-8-16(17)18/h3-12H,1-2H3,(H,20,22)/b21-12-. The van der Waals surface area contributed by atoms with Crippen LogP contribution in [0.3, 0.4) is 0 Å². The number of hydrazone groups is 1. The Bertz CT molecular complexity index is 841. The predicted molar refractivity (Wildman–Crippen MR) is 98.7 cm³/mol. The van der Waals surface area contributed by atoms with Crippen LogP contribution in [0.4, 0.5) is 11.4 Å². The SMILES string of the molecule is CN(C)c1ccc(/C=N\Nc2ccnc3cc(Cl)ccc23)cc1.